The van der Waals surface area contributed by atoms with E-state index in [4.69, 9.17) is 0 Å². The Hall–Kier alpha value is -2.46. The summed E-state index contributed by atoms with van der Waals surface area (Å²) in [6.45, 7) is 5.77. The van der Waals surface area contributed by atoms with Crippen LogP contribution in [0.1, 0.15) is 33.4 Å². The van der Waals surface area contributed by atoms with Crippen molar-refractivity contribution in [3.05, 3.63) is 106 Å². The fourth-order valence-electron chi connectivity index (χ4n) is 4.52. The van der Waals surface area contributed by atoms with Crippen LogP contribution in [0.5, 0.6) is 0 Å². The third-order valence-electron chi connectivity index (χ3n) is 5.69. The first-order valence-corrected chi connectivity index (χ1v) is 10.8. The van der Waals surface area contributed by atoms with Crippen LogP contribution < -0.4 is 0 Å². The Kier molecular flexibility index (Phi) is 6.63. The molecule has 3 aromatic carbocycles. The van der Waals surface area contributed by atoms with E-state index < -0.39 is 0 Å². The Morgan fingerprint density at radius 1 is 0.400 bits per heavy atom. The molecule has 0 amide bonds. The first-order chi connectivity index (χ1) is 14.5. The maximum absolute atomic E-state index is 2.40. The van der Waals surface area contributed by atoms with Crippen LogP contribution in [-0.2, 0) is 39.3 Å². The summed E-state index contributed by atoms with van der Waals surface area (Å²) in [5.41, 5.74) is 8.26. The van der Waals surface area contributed by atoms with Gasteiger partial charge in [0, 0.05) is 39.3 Å². The lowest BCUT2D eigenvalue weighted by molar-refractivity contribution is 0.309. The summed E-state index contributed by atoms with van der Waals surface area (Å²) in [5, 5.41) is 0. The number of nitrogens with zero attached hydrogens (tertiary/aromatic N) is 3. The van der Waals surface area contributed by atoms with Crippen molar-refractivity contribution in [1.82, 2.24) is 14.7 Å². The molecule has 1 aliphatic rings. The topological polar surface area (TPSA) is 9.72 Å². The smallest absolute Gasteiger partial charge is 0.0234 e. The molecule has 0 spiro atoms. The average Bonchev–Trinajstić information content (AvgIpc) is 2.67. The predicted molar refractivity (Wildman–Crippen MR) is 125 cm³/mol. The highest BCUT2D eigenvalue weighted by Gasteiger charge is 2.09. The molecule has 4 rings (SSSR count). The van der Waals surface area contributed by atoms with Crippen molar-refractivity contribution >= 4 is 0 Å². The van der Waals surface area contributed by atoms with Gasteiger partial charge in [-0.3, -0.25) is 14.7 Å². The van der Waals surface area contributed by atoms with Crippen molar-refractivity contribution in [3.63, 3.8) is 0 Å². The van der Waals surface area contributed by atoms with Gasteiger partial charge in [-0.2, -0.15) is 0 Å². The van der Waals surface area contributed by atoms with E-state index in [2.05, 4.69) is 109 Å². The molecule has 0 unspecified atom stereocenters. The Morgan fingerprint density at radius 3 is 0.800 bits per heavy atom. The lowest BCUT2D eigenvalue weighted by Crippen LogP contribution is -2.20. The number of rotatable bonds is 0. The van der Waals surface area contributed by atoms with Crippen LogP contribution in [0.4, 0.5) is 0 Å². The first-order valence-electron chi connectivity index (χ1n) is 10.8. The molecule has 0 aromatic heterocycles. The van der Waals surface area contributed by atoms with E-state index in [0.29, 0.717) is 0 Å². The molecule has 0 aliphatic carbocycles. The van der Waals surface area contributed by atoms with Crippen molar-refractivity contribution in [1.29, 1.82) is 0 Å². The molecule has 6 bridgehead atoms. The molecule has 0 fully saturated rings. The molecule has 1 aliphatic heterocycles. The molecule has 0 saturated heterocycles. The molecule has 0 atom stereocenters. The Labute approximate surface area is 181 Å². The zero-order valence-electron chi connectivity index (χ0n) is 18.5. The Morgan fingerprint density at radius 2 is 0.600 bits per heavy atom. The molecule has 3 heteroatoms. The summed E-state index contributed by atoms with van der Waals surface area (Å²) < 4.78 is 0. The molecular weight excluding hydrogens is 366 g/mol. The monoisotopic (exact) mass is 399 g/mol. The van der Waals surface area contributed by atoms with Crippen LogP contribution in [0.15, 0.2) is 72.8 Å². The van der Waals surface area contributed by atoms with Crippen LogP contribution in [-0.4, -0.2) is 35.8 Å². The highest BCUT2D eigenvalue weighted by atomic mass is 15.1. The third-order valence-corrected chi connectivity index (χ3v) is 5.69. The minimum absolute atomic E-state index is 0.962. The fourth-order valence-corrected chi connectivity index (χ4v) is 4.52. The normalized spacial score (nSPS) is 17.3. The van der Waals surface area contributed by atoms with Crippen LogP contribution >= 0.6 is 0 Å². The summed E-state index contributed by atoms with van der Waals surface area (Å²) in [7, 11) is 6.63. The van der Waals surface area contributed by atoms with E-state index in [1.54, 1.807) is 0 Å². The quantitative estimate of drug-likeness (QED) is 0.533. The zero-order chi connectivity index (χ0) is 20.9. The highest BCUT2D eigenvalue weighted by molar-refractivity contribution is 5.27. The predicted octanol–water partition coefficient (Wildman–Crippen LogP) is 4.90. The molecule has 1 heterocycles. The van der Waals surface area contributed by atoms with Crippen LogP contribution in [0.2, 0.25) is 0 Å². The van der Waals surface area contributed by atoms with Gasteiger partial charge in [-0.15, -0.1) is 0 Å². The van der Waals surface area contributed by atoms with Crippen molar-refractivity contribution in [3.8, 4) is 0 Å². The van der Waals surface area contributed by atoms with E-state index in [0.717, 1.165) is 39.3 Å². The highest BCUT2D eigenvalue weighted by Crippen LogP contribution is 2.17. The summed E-state index contributed by atoms with van der Waals surface area (Å²) in [4.78, 5) is 7.21. The molecule has 0 saturated carbocycles. The van der Waals surface area contributed by atoms with Crippen LogP contribution in [0.3, 0.4) is 0 Å². The number of fused-ring (bicyclic) bond motifs is 6. The largest absolute Gasteiger partial charge is 0.298 e. The molecule has 3 aromatic rings. The van der Waals surface area contributed by atoms with Gasteiger partial charge in [0.1, 0.15) is 0 Å². The van der Waals surface area contributed by atoms with Gasteiger partial charge in [-0.05, 0) is 54.5 Å². The van der Waals surface area contributed by atoms with Gasteiger partial charge in [-0.25, -0.2) is 0 Å². The number of hydrogen-bond donors (Lipinski definition) is 0. The van der Waals surface area contributed by atoms with E-state index >= 15 is 0 Å². The van der Waals surface area contributed by atoms with Gasteiger partial charge in [0.05, 0.1) is 0 Å². The van der Waals surface area contributed by atoms with E-state index in [9.17, 15) is 0 Å². The minimum atomic E-state index is 0.962. The van der Waals surface area contributed by atoms with Crippen LogP contribution in [0, 0.1) is 0 Å². The summed E-state index contributed by atoms with van der Waals surface area (Å²) in [6.07, 6.45) is 0. The van der Waals surface area contributed by atoms with Crippen molar-refractivity contribution in [2.75, 3.05) is 21.1 Å². The van der Waals surface area contributed by atoms with E-state index in [-0.39, 0.29) is 0 Å². The second-order valence-corrected chi connectivity index (χ2v) is 8.98. The maximum Gasteiger partial charge on any atom is 0.0234 e. The molecule has 30 heavy (non-hydrogen) atoms. The number of benzene rings is 3. The SMILES string of the molecule is CN1Cc2cccc(c2)CN(C)Cc2cccc(c2)CN(C)Cc2cccc(c2)C1. The van der Waals surface area contributed by atoms with Crippen LogP contribution in [0.25, 0.3) is 0 Å². The van der Waals surface area contributed by atoms with E-state index in [1.165, 1.54) is 33.4 Å². The molecule has 0 N–H and O–H groups in total. The lowest BCUT2D eigenvalue weighted by Gasteiger charge is -2.22. The zero-order valence-corrected chi connectivity index (χ0v) is 18.5. The van der Waals surface area contributed by atoms with Gasteiger partial charge in [0.25, 0.3) is 0 Å². The minimum Gasteiger partial charge on any atom is -0.298 e. The average molecular weight is 400 g/mol. The maximum atomic E-state index is 2.40. The Balaban J connectivity index is 1.63. The van der Waals surface area contributed by atoms with Gasteiger partial charge < -0.3 is 0 Å². The molecule has 0 radical (unpaired) electrons. The van der Waals surface area contributed by atoms with Gasteiger partial charge >= 0.3 is 0 Å². The van der Waals surface area contributed by atoms with Gasteiger partial charge in [-0.1, -0.05) is 72.8 Å². The fraction of sp³-hybridized carbons (Fsp3) is 0.333. The number of hydrogen-bond acceptors (Lipinski definition) is 3. The first kappa shape index (κ1) is 20.8. The van der Waals surface area contributed by atoms with Crippen molar-refractivity contribution in [2.45, 2.75) is 39.3 Å². The summed E-state index contributed by atoms with van der Waals surface area (Å²) in [5.74, 6) is 0. The standard InChI is InChI=1S/C27H33N3/c1-28-16-22-7-4-9-24(13-22)18-29(2)20-26-11-6-12-27(15-26)21-30(3)19-25-10-5-8-23(14-25)17-28/h4-15H,16-21H2,1-3H3. The second-order valence-electron chi connectivity index (χ2n) is 8.98. The van der Waals surface area contributed by atoms with Gasteiger partial charge in [0.2, 0.25) is 0 Å². The van der Waals surface area contributed by atoms with Gasteiger partial charge in [0.15, 0.2) is 0 Å². The second kappa shape index (κ2) is 9.57. The molecule has 3 nitrogen and oxygen atoms in total. The summed E-state index contributed by atoms with van der Waals surface area (Å²) >= 11 is 0. The molecular formula is C27H33N3. The van der Waals surface area contributed by atoms with E-state index in [1.807, 2.05) is 0 Å². The Bertz CT molecular complexity index is 790. The van der Waals surface area contributed by atoms with Crippen molar-refractivity contribution < 1.29 is 0 Å². The molecule has 156 valence electrons. The third kappa shape index (κ3) is 5.79. The lowest BCUT2D eigenvalue weighted by atomic mass is 10.1. The summed E-state index contributed by atoms with van der Waals surface area (Å²) in [6, 6.07) is 27.1. The van der Waals surface area contributed by atoms with Crippen molar-refractivity contribution in [2.24, 2.45) is 0 Å².